The van der Waals surface area contributed by atoms with Crippen molar-refractivity contribution in [2.45, 2.75) is 25.3 Å². The summed E-state index contributed by atoms with van der Waals surface area (Å²) in [7, 11) is 0. The average molecular weight is 280 g/mol. The third-order valence-corrected chi connectivity index (χ3v) is 2.29. The Morgan fingerprint density at radius 1 is 1.26 bits per heavy atom. The van der Waals surface area contributed by atoms with Gasteiger partial charge in [0.1, 0.15) is 0 Å². The maximum Gasteiger partial charge on any atom is 0.236 e. The molecule has 0 rings (SSSR count). The van der Waals surface area contributed by atoms with Crippen LogP contribution in [0.2, 0.25) is 0 Å². The van der Waals surface area contributed by atoms with Crippen molar-refractivity contribution in [3.63, 3.8) is 0 Å². The Bertz CT molecular complexity index is 230. The van der Waals surface area contributed by atoms with Crippen LogP contribution in [-0.4, -0.2) is 60.7 Å². The number of rotatable bonds is 12. The Morgan fingerprint density at radius 2 is 2.00 bits per heavy atom. The quantitative estimate of drug-likeness (QED) is 0.217. The zero-order chi connectivity index (χ0) is 14.5. The molecular formula is C10H24N4O5. The predicted molar refractivity (Wildman–Crippen MR) is 66.1 cm³/mol. The SMILES string of the molecule is NCCCCC(N)C(=O)NCCOCCON(O)O. The molecule has 9 heteroatoms. The lowest BCUT2D eigenvalue weighted by molar-refractivity contribution is -0.493. The summed E-state index contributed by atoms with van der Waals surface area (Å²) in [4.78, 5) is 15.8. The Morgan fingerprint density at radius 3 is 2.63 bits per heavy atom. The Balaban J connectivity index is 3.37. The molecule has 0 bridgehead atoms. The van der Waals surface area contributed by atoms with E-state index in [0.717, 1.165) is 12.8 Å². The van der Waals surface area contributed by atoms with Crippen LogP contribution in [0.5, 0.6) is 0 Å². The molecule has 1 unspecified atom stereocenters. The summed E-state index contributed by atoms with van der Waals surface area (Å²) in [5.41, 5.74) is 11.0. The molecule has 0 aromatic heterocycles. The molecule has 0 aromatic rings. The second kappa shape index (κ2) is 12.2. The molecule has 0 aromatic carbocycles. The zero-order valence-electron chi connectivity index (χ0n) is 11.0. The third kappa shape index (κ3) is 12.0. The molecule has 19 heavy (non-hydrogen) atoms. The summed E-state index contributed by atoms with van der Waals surface area (Å²) >= 11 is 0. The highest BCUT2D eigenvalue weighted by Crippen LogP contribution is 1.97. The molecule has 1 atom stereocenters. The van der Waals surface area contributed by atoms with E-state index in [1.165, 1.54) is 0 Å². The summed E-state index contributed by atoms with van der Waals surface area (Å²) in [6, 6.07) is -0.521. The van der Waals surface area contributed by atoms with Crippen LogP contribution in [0.4, 0.5) is 0 Å². The van der Waals surface area contributed by atoms with Crippen molar-refractivity contribution in [2.24, 2.45) is 11.5 Å². The van der Waals surface area contributed by atoms with E-state index >= 15 is 0 Å². The first-order valence-electron chi connectivity index (χ1n) is 6.19. The maximum atomic E-state index is 11.5. The van der Waals surface area contributed by atoms with Gasteiger partial charge in [-0.25, -0.2) is 4.84 Å². The number of ether oxygens (including phenoxy) is 1. The lowest BCUT2D eigenvalue weighted by Crippen LogP contribution is -2.41. The number of nitrogens with one attached hydrogen (secondary N) is 1. The highest BCUT2D eigenvalue weighted by Gasteiger charge is 2.11. The molecule has 0 fully saturated rings. The summed E-state index contributed by atoms with van der Waals surface area (Å²) in [6.45, 7) is 1.41. The molecular weight excluding hydrogens is 256 g/mol. The minimum absolute atomic E-state index is 0.000447. The van der Waals surface area contributed by atoms with Crippen LogP contribution in [0.15, 0.2) is 0 Å². The zero-order valence-corrected chi connectivity index (χ0v) is 11.0. The van der Waals surface area contributed by atoms with Crippen molar-refractivity contribution in [3.8, 4) is 0 Å². The molecule has 0 aliphatic carbocycles. The number of amides is 1. The molecule has 0 saturated carbocycles. The fourth-order valence-corrected chi connectivity index (χ4v) is 1.30. The topological polar surface area (TPSA) is 143 Å². The van der Waals surface area contributed by atoms with Gasteiger partial charge in [0.05, 0.1) is 31.3 Å². The van der Waals surface area contributed by atoms with Crippen molar-refractivity contribution in [1.29, 1.82) is 0 Å². The minimum atomic E-state index is -0.521. The largest absolute Gasteiger partial charge is 0.377 e. The standard InChI is InChI=1S/C10H24N4O5/c11-4-2-1-3-9(12)10(15)13-5-6-18-7-8-19-14(16)17/h9,16-17H,1-8,11-12H2,(H,13,15). The van der Waals surface area contributed by atoms with Gasteiger partial charge >= 0.3 is 0 Å². The smallest absolute Gasteiger partial charge is 0.236 e. The van der Waals surface area contributed by atoms with Gasteiger partial charge in [-0.15, -0.1) is 0 Å². The van der Waals surface area contributed by atoms with Gasteiger partial charge in [-0.3, -0.25) is 15.2 Å². The van der Waals surface area contributed by atoms with Crippen LogP contribution in [-0.2, 0) is 14.4 Å². The normalized spacial score (nSPS) is 12.7. The Kier molecular flexibility index (Phi) is 11.7. The predicted octanol–water partition coefficient (Wildman–Crippen LogP) is -1.41. The molecule has 7 N–H and O–H groups in total. The van der Waals surface area contributed by atoms with Gasteiger partial charge in [0.15, 0.2) is 0 Å². The van der Waals surface area contributed by atoms with Crippen LogP contribution >= 0.6 is 0 Å². The summed E-state index contributed by atoms with van der Waals surface area (Å²) < 4.78 is 5.07. The van der Waals surface area contributed by atoms with Gasteiger partial charge in [-0.05, 0) is 19.4 Å². The third-order valence-electron chi connectivity index (χ3n) is 2.29. The molecule has 1 amide bonds. The van der Waals surface area contributed by atoms with Gasteiger partial charge in [-0.1, -0.05) is 6.42 Å². The van der Waals surface area contributed by atoms with Gasteiger partial charge < -0.3 is 21.5 Å². The Hall–Kier alpha value is -0.810. The van der Waals surface area contributed by atoms with Gasteiger partial charge in [-0.2, -0.15) is 0 Å². The van der Waals surface area contributed by atoms with Gasteiger partial charge in [0.2, 0.25) is 5.91 Å². The van der Waals surface area contributed by atoms with Crippen molar-refractivity contribution in [1.82, 2.24) is 10.7 Å². The molecule has 0 spiro atoms. The van der Waals surface area contributed by atoms with E-state index in [0.29, 0.717) is 26.1 Å². The lowest BCUT2D eigenvalue weighted by atomic mass is 10.1. The van der Waals surface area contributed by atoms with Crippen molar-refractivity contribution >= 4 is 5.91 Å². The van der Waals surface area contributed by atoms with Crippen LogP contribution in [0.25, 0.3) is 0 Å². The van der Waals surface area contributed by atoms with E-state index in [1.54, 1.807) is 0 Å². The maximum absolute atomic E-state index is 11.5. The lowest BCUT2D eigenvalue weighted by Gasteiger charge is -2.12. The number of unbranched alkanes of at least 4 members (excludes halogenated alkanes) is 1. The van der Waals surface area contributed by atoms with E-state index in [4.69, 9.17) is 26.6 Å². The molecule has 0 saturated heterocycles. The molecule has 0 aliphatic rings. The average Bonchev–Trinajstić information content (AvgIpc) is 2.37. The monoisotopic (exact) mass is 280 g/mol. The van der Waals surface area contributed by atoms with Crippen molar-refractivity contribution in [3.05, 3.63) is 0 Å². The second-order valence-corrected chi connectivity index (χ2v) is 3.88. The van der Waals surface area contributed by atoms with Crippen LogP contribution in [0, 0.1) is 0 Å². The van der Waals surface area contributed by atoms with Gasteiger partial charge in [0.25, 0.3) is 0 Å². The first kappa shape index (κ1) is 18.2. The van der Waals surface area contributed by atoms with E-state index in [2.05, 4.69) is 10.2 Å². The van der Waals surface area contributed by atoms with Crippen molar-refractivity contribution in [2.75, 3.05) is 32.9 Å². The highest BCUT2D eigenvalue weighted by atomic mass is 17.1. The second-order valence-electron chi connectivity index (χ2n) is 3.88. The highest BCUT2D eigenvalue weighted by molar-refractivity contribution is 5.81. The van der Waals surface area contributed by atoms with Crippen LogP contribution in [0.1, 0.15) is 19.3 Å². The van der Waals surface area contributed by atoms with Crippen LogP contribution < -0.4 is 16.8 Å². The Labute approximate surface area is 112 Å². The fraction of sp³-hybridized carbons (Fsp3) is 0.900. The first-order chi connectivity index (χ1) is 9.07. The molecule has 0 heterocycles. The molecule has 0 radical (unpaired) electrons. The number of hydrogen-bond acceptors (Lipinski definition) is 8. The van der Waals surface area contributed by atoms with E-state index in [1.807, 2.05) is 0 Å². The minimum Gasteiger partial charge on any atom is -0.377 e. The van der Waals surface area contributed by atoms with Crippen molar-refractivity contribution < 1.29 is 24.8 Å². The van der Waals surface area contributed by atoms with E-state index < -0.39 is 6.04 Å². The van der Waals surface area contributed by atoms with E-state index in [9.17, 15) is 4.79 Å². The molecule has 0 aliphatic heterocycles. The number of nitrogens with zero attached hydrogens (tertiary/aromatic N) is 1. The fourth-order valence-electron chi connectivity index (χ4n) is 1.30. The molecule has 114 valence electrons. The number of nitrogens with two attached hydrogens (primary N) is 2. The van der Waals surface area contributed by atoms with Crippen LogP contribution in [0.3, 0.4) is 0 Å². The summed E-state index contributed by atoms with van der Waals surface area (Å²) in [5.74, 6) is -0.214. The number of carbonyl (C=O) groups is 1. The summed E-state index contributed by atoms with van der Waals surface area (Å²) in [6.07, 6.45) is 2.30. The van der Waals surface area contributed by atoms with Gasteiger partial charge in [0, 0.05) is 6.54 Å². The summed E-state index contributed by atoms with van der Waals surface area (Å²) in [5, 5.41) is 18.7. The van der Waals surface area contributed by atoms with E-state index in [-0.39, 0.29) is 24.5 Å². The first-order valence-corrected chi connectivity index (χ1v) is 6.19. The molecule has 9 nitrogen and oxygen atoms in total. The number of hydrogen-bond donors (Lipinski definition) is 5. The number of carbonyl (C=O) groups excluding carboxylic acids is 1.